The van der Waals surface area contributed by atoms with Gasteiger partial charge in [0.2, 0.25) is 5.82 Å². The van der Waals surface area contributed by atoms with Gasteiger partial charge in [0, 0.05) is 12.6 Å². The molecule has 3 rings (SSSR count). The number of anilines is 1. The third-order valence-corrected chi connectivity index (χ3v) is 3.47. The van der Waals surface area contributed by atoms with Crippen molar-refractivity contribution in [2.75, 3.05) is 12.4 Å². The zero-order valence-corrected chi connectivity index (χ0v) is 14.7. The lowest BCUT2D eigenvalue weighted by atomic mass is 10.1. The van der Waals surface area contributed by atoms with Crippen molar-refractivity contribution in [3.8, 4) is 0 Å². The third-order valence-electron chi connectivity index (χ3n) is 3.47. The molecule has 10 nitrogen and oxygen atoms in total. The summed E-state index contributed by atoms with van der Waals surface area (Å²) in [6.45, 7) is 0.0955. The number of nitrogens with one attached hydrogen (secondary N) is 1. The minimum atomic E-state index is -0.597. The van der Waals surface area contributed by atoms with E-state index < -0.39 is 6.09 Å². The zero-order chi connectivity index (χ0) is 19.1. The van der Waals surface area contributed by atoms with Crippen LogP contribution in [0.5, 0.6) is 0 Å². The Morgan fingerprint density at radius 1 is 1.19 bits per heavy atom. The number of nitrogens with zero attached hydrogens (tertiary/aromatic N) is 6. The lowest BCUT2D eigenvalue weighted by molar-refractivity contribution is 0.128. The number of tetrazole rings is 1. The molecule has 1 amide bonds. The molecule has 3 aromatic rings. The average molecular weight is 367 g/mol. The van der Waals surface area contributed by atoms with Crippen molar-refractivity contribution in [2.24, 2.45) is 12.2 Å². The number of rotatable bonds is 6. The molecular weight excluding hydrogens is 350 g/mol. The maximum atomic E-state index is 11.3. The predicted octanol–water partition coefficient (Wildman–Crippen LogP) is 1.75. The van der Waals surface area contributed by atoms with E-state index in [1.807, 2.05) is 30.3 Å². The van der Waals surface area contributed by atoms with E-state index in [0.29, 0.717) is 23.0 Å². The molecule has 2 aromatic heterocycles. The summed E-state index contributed by atoms with van der Waals surface area (Å²) in [7, 11) is 3.00. The summed E-state index contributed by atoms with van der Waals surface area (Å²) in [6, 6.07) is 14.6. The van der Waals surface area contributed by atoms with Crippen molar-refractivity contribution in [1.29, 1.82) is 0 Å². The molecule has 0 radical (unpaired) electrons. The van der Waals surface area contributed by atoms with Gasteiger partial charge in [0.15, 0.2) is 12.3 Å². The van der Waals surface area contributed by atoms with Gasteiger partial charge in [0.25, 0.3) is 0 Å². The van der Waals surface area contributed by atoms with Crippen molar-refractivity contribution < 1.29 is 14.4 Å². The van der Waals surface area contributed by atoms with E-state index in [9.17, 15) is 4.79 Å². The molecule has 1 aromatic carbocycles. The van der Waals surface area contributed by atoms with Crippen LogP contribution in [-0.4, -0.2) is 44.1 Å². The minimum Gasteiger partial charge on any atom is -0.453 e. The number of aryl methyl sites for hydroxylation is 1. The van der Waals surface area contributed by atoms with Crippen LogP contribution in [0.2, 0.25) is 0 Å². The highest BCUT2D eigenvalue weighted by Gasteiger charge is 2.14. The van der Waals surface area contributed by atoms with Gasteiger partial charge in [-0.2, -0.15) is 0 Å². The molecule has 2 heterocycles. The van der Waals surface area contributed by atoms with Crippen LogP contribution >= 0.6 is 0 Å². The molecule has 0 fully saturated rings. The smallest absolute Gasteiger partial charge is 0.412 e. The summed E-state index contributed by atoms with van der Waals surface area (Å²) in [5.74, 6) is 0.822. The standard InChI is InChI=1S/C17H17N7O3/c1-24-16(20-22-23-24)15(12-7-4-3-5-8-12)21-27-11-13-9-6-10-14(18-13)19-17(25)26-2/h3-10H,11H2,1-2H3,(H,18,19,25)/b21-15-. The highest BCUT2D eigenvalue weighted by molar-refractivity contribution is 6.10. The minimum absolute atomic E-state index is 0.0955. The molecule has 10 heteroatoms. The van der Waals surface area contributed by atoms with E-state index in [-0.39, 0.29) is 6.61 Å². The maximum absolute atomic E-state index is 11.3. The number of amides is 1. The largest absolute Gasteiger partial charge is 0.453 e. The zero-order valence-electron chi connectivity index (χ0n) is 14.7. The molecule has 138 valence electrons. The SMILES string of the molecule is COC(=O)Nc1cccc(CO/N=C(/c2ccccc2)c2nnnn2C)n1. The van der Waals surface area contributed by atoms with Gasteiger partial charge in [-0.3, -0.25) is 5.32 Å². The number of aromatic nitrogens is 5. The quantitative estimate of drug-likeness (QED) is 0.521. The fraction of sp³-hybridized carbons (Fsp3) is 0.176. The summed E-state index contributed by atoms with van der Waals surface area (Å²) in [4.78, 5) is 21.0. The van der Waals surface area contributed by atoms with Crippen LogP contribution in [0, 0.1) is 0 Å². The number of oxime groups is 1. The Kier molecular flexibility index (Phi) is 5.67. The maximum Gasteiger partial charge on any atom is 0.412 e. The van der Waals surface area contributed by atoms with Crippen molar-refractivity contribution in [3.63, 3.8) is 0 Å². The first-order chi connectivity index (χ1) is 13.2. The molecule has 0 spiro atoms. The number of pyridine rings is 1. The number of ether oxygens (including phenoxy) is 1. The van der Waals surface area contributed by atoms with Crippen molar-refractivity contribution >= 4 is 17.6 Å². The fourth-order valence-corrected chi connectivity index (χ4v) is 2.20. The van der Waals surface area contributed by atoms with Crippen LogP contribution in [0.4, 0.5) is 10.6 Å². The Labute approximate surface area is 154 Å². The first kappa shape index (κ1) is 18.0. The van der Waals surface area contributed by atoms with Gasteiger partial charge in [-0.1, -0.05) is 41.6 Å². The number of carbonyl (C=O) groups is 1. The Morgan fingerprint density at radius 2 is 2.00 bits per heavy atom. The summed E-state index contributed by atoms with van der Waals surface area (Å²) < 4.78 is 6.05. The molecule has 0 saturated carbocycles. The Balaban J connectivity index is 1.77. The number of hydrogen-bond donors (Lipinski definition) is 1. The monoisotopic (exact) mass is 367 g/mol. The van der Waals surface area contributed by atoms with Gasteiger partial charge < -0.3 is 9.57 Å². The van der Waals surface area contributed by atoms with E-state index in [4.69, 9.17) is 4.84 Å². The van der Waals surface area contributed by atoms with Gasteiger partial charge in [-0.05, 0) is 22.6 Å². The van der Waals surface area contributed by atoms with Gasteiger partial charge in [0.05, 0.1) is 12.8 Å². The molecule has 0 saturated heterocycles. The summed E-state index contributed by atoms with van der Waals surface area (Å²) in [6.07, 6.45) is -0.597. The van der Waals surface area contributed by atoms with E-state index >= 15 is 0 Å². The number of methoxy groups -OCH3 is 1. The van der Waals surface area contributed by atoms with Crippen LogP contribution in [-0.2, 0) is 23.2 Å². The predicted molar refractivity (Wildman–Crippen MR) is 95.9 cm³/mol. The first-order valence-corrected chi connectivity index (χ1v) is 7.96. The lowest BCUT2D eigenvalue weighted by Gasteiger charge is -2.07. The summed E-state index contributed by atoms with van der Waals surface area (Å²) in [5.41, 5.74) is 1.88. The summed E-state index contributed by atoms with van der Waals surface area (Å²) in [5, 5.41) is 18.2. The summed E-state index contributed by atoms with van der Waals surface area (Å²) >= 11 is 0. The highest BCUT2D eigenvalue weighted by Crippen LogP contribution is 2.10. The first-order valence-electron chi connectivity index (χ1n) is 7.96. The van der Waals surface area contributed by atoms with Crippen LogP contribution in [0.1, 0.15) is 17.1 Å². The molecule has 0 aliphatic heterocycles. The molecular formula is C17H17N7O3. The molecule has 0 aliphatic carbocycles. The fourth-order valence-electron chi connectivity index (χ4n) is 2.20. The van der Waals surface area contributed by atoms with Crippen LogP contribution in [0.25, 0.3) is 0 Å². The Morgan fingerprint density at radius 3 is 2.70 bits per heavy atom. The Hall–Kier alpha value is -3.82. The molecule has 0 bridgehead atoms. The molecule has 1 N–H and O–H groups in total. The average Bonchev–Trinajstić information content (AvgIpc) is 3.12. The Bertz CT molecular complexity index is 940. The molecule has 27 heavy (non-hydrogen) atoms. The van der Waals surface area contributed by atoms with E-state index in [1.165, 1.54) is 11.8 Å². The lowest BCUT2D eigenvalue weighted by Crippen LogP contribution is -2.13. The second kappa shape index (κ2) is 8.52. The normalized spacial score (nSPS) is 11.1. The molecule has 0 atom stereocenters. The van der Waals surface area contributed by atoms with E-state index in [0.717, 1.165) is 5.56 Å². The van der Waals surface area contributed by atoms with Crippen LogP contribution in [0.15, 0.2) is 53.7 Å². The van der Waals surface area contributed by atoms with Crippen molar-refractivity contribution in [3.05, 3.63) is 65.6 Å². The van der Waals surface area contributed by atoms with Crippen molar-refractivity contribution in [1.82, 2.24) is 25.2 Å². The number of benzene rings is 1. The van der Waals surface area contributed by atoms with Gasteiger partial charge >= 0.3 is 6.09 Å². The van der Waals surface area contributed by atoms with Crippen LogP contribution in [0.3, 0.4) is 0 Å². The van der Waals surface area contributed by atoms with E-state index in [2.05, 4.69) is 35.7 Å². The second-order valence-electron chi connectivity index (χ2n) is 5.34. The highest BCUT2D eigenvalue weighted by atomic mass is 16.6. The second-order valence-corrected chi connectivity index (χ2v) is 5.34. The van der Waals surface area contributed by atoms with E-state index in [1.54, 1.807) is 25.2 Å². The van der Waals surface area contributed by atoms with Gasteiger partial charge in [-0.25, -0.2) is 14.5 Å². The molecule has 0 aliphatic rings. The van der Waals surface area contributed by atoms with Gasteiger partial charge in [0.1, 0.15) is 5.82 Å². The number of carbonyl (C=O) groups excluding carboxylic acids is 1. The third kappa shape index (κ3) is 4.63. The molecule has 0 unspecified atom stereocenters. The topological polar surface area (TPSA) is 116 Å². The number of hydrogen-bond acceptors (Lipinski definition) is 8. The van der Waals surface area contributed by atoms with Crippen LogP contribution < -0.4 is 5.32 Å². The van der Waals surface area contributed by atoms with Crippen molar-refractivity contribution in [2.45, 2.75) is 6.61 Å². The van der Waals surface area contributed by atoms with Gasteiger partial charge in [-0.15, -0.1) is 5.10 Å².